The van der Waals surface area contributed by atoms with Crippen molar-refractivity contribution in [3.8, 4) is 0 Å². The van der Waals surface area contributed by atoms with Crippen molar-refractivity contribution in [1.29, 1.82) is 0 Å². The van der Waals surface area contributed by atoms with Gasteiger partial charge in [0.25, 0.3) is 0 Å². The highest BCUT2D eigenvalue weighted by atomic mass is 32.1. The molecule has 3 aromatic rings. The Bertz CT molecular complexity index is 527. The smallest absolute Gasteiger partial charge is 0.193 e. The largest absolute Gasteiger partial charge is 0.289 e. The van der Waals surface area contributed by atoms with Crippen LogP contribution in [-0.4, -0.2) is 5.78 Å². The maximum absolute atomic E-state index is 11.8. The summed E-state index contributed by atoms with van der Waals surface area (Å²) in [6.45, 7) is 0. The Labute approximate surface area is 117 Å². The second kappa shape index (κ2) is 7.29. The second-order valence-corrected chi connectivity index (χ2v) is 4.67. The van der Waals surface area contributed by atoms with Gasteiger partial charge in [-0.2, -0.15) is 11.3 Å². The zero-order valence-corrected chi connectivity index (χ0v) is 11.2. The summed E-state index contributed by atoms with van der Waals surface area (Å²) < 4.78 is 0. The third-order valence-electron chi connectivity index (χ3n) is 2.50. The molecule has 2 aromatic carbocycles. The molecule has 0 aliphatic heterocycles. The summed E-state index contributed by atoms with van der Waals surface area (Å²) in [7, 11) is 0. The summed E-state index contributed by atoms with van der Waals surface area (Å²) in [4.78, 5) is 11.8. The van der Waals surface area contributed by atoms with Gasteiger partial charge in [-0.1, -0.05) is 72.8 Å². The second-order valence-electron chi connectivity index (χ2n) is 3.85. The van der Waals surface area contributed by atoms with Gasteiger partial charge < -0.3 is 0 Å². The fourth-order valence-corrected chi connectivity index (χ4v) is 2.03. The number of rotatable bonds is 2. The van der Waals surface area contributed by atoms with E-state index in [1.54, 1.807) is 11.3 Å². The van der Waals surface area contributed by atoms with E-state index < -0.39 is 0 Å². The lowest BCUT2D eigenvalue weighted by atomic mass is 10.0. The van der Waals surface area contributed by atoms with E-state index in [1.165, 1.54) is 0 Å². The van der Waals surface area contributed by atoms with Gasteiger partial charge in [0, 0.05) is 11.1 Å². The number of benzene rings is 2. The molecule has 19 heavy (non-hydrogen) atoms. The van der Waals surface area contributed by atoms with E-state index in [4.69, 9.17) is 0 Å². The van der Waals surface area contributed by atoms with Gasteiger partial charge in [0.05, 0.1) is 0 Å². The molecule has 0 amide bonds. The van der Waals surface area contributed by atoms with Crippen molar-refractivity contribution in [2.75, 3.05) is 0 Å². The predicted octanol–water partition coefficient (Wildman–Crippen LogP) is 4.67. The van der Waals surface area contributed by atoms with Gasteiger partial charge in [-0.25, -0.2) is 0 Å². The van der Waals surface area contributed by atoms with Crippen LogP contribution >= 0.6 is 11.3 Å². The van der Waals surface area contributed by atoms with Crippen molar-refractivity contribution in [1.82, 2.24) is 0 Å². The molecule has 94 valence electrons. The topological polar surface area (TPSA) is 17.1 Å². The van der Waals surface area contributed by atoms with Crippen LogP contribution in [0.5, 0.6) is 0 Å². The molecular formula is C17H14OS. The first-order valence-corrected chi connectivity index (χ1v) is 6.94. The van der Waals surface area contributed by atoms with Gasteiger partial charge >= 0.3 is 0 Å². The van der Waals surface area contributed by atoms with Crippen molar-refractivity contribution in [2.45, 2.75) is 0 Å². The van der Waals surface area contributed by atoms with Gasteiger partial charge in [0.2, 0.25) is 0 Å². The lowest BCUT2D eigenvalue weighted by molar-refractivity contribution is 0.103. The monoisotopic (exact) mass is 266 g/mol. The van der Waals surface area contributed by atoms with Crippen molar-refractivity contribution < 1.29 is 4.79 Å². The molecule has 0 fully saturated rings. The minimum absolute atomic E-state index is 0.0752. The summed E-state index contributed by atoms with van der Waals surface area (Å²) in [5.41, 5.74) is 1.47. The Hall–Kier alpha value is -2.19. The van der Waals surface area contributed by atoms with Gasteiger partial charge in [-0.05, 0) is 10.8 Å². The van der Waals surface area contributed by atoms with Crippen molar-refractivity contribution >= 4 is 17.1 Å². The van der Waals surface area contributed by atoms with E-state index in [2.05, 4.69) is 0 Å². The number of hydrogen-bond acceptors (Lipinski definition) is 2. The molecule has 3 rings (SSSR count). The Morgan fingerprint density at radius 3 is 1.37 bits per heavy atom. The first-order chi connectivity index (χ1) is 9.38. The molecule has 0 aliphatic rings. The Balaban J connectivity index is 0.000000224. The van der Waals surface area contributed by atoms with E-state index >= 15 is 0 Å². The minimum Gasteiger partial charge on any atom is -0.289 e. The molecule has 0 atom stereocenters. The third kappa shape index (κ3) is 4.19. The summed E-state index contributed by atoms with van der Waals surface area (Å²) in [5.74, 6) is 0.0752. The molecule has 0 unspecified atom stereocenters. The standard InChI is InChI=1S/C13H10O.C4H4S/c14-13(11-7-3-1-4-8-11)12-9-5-2-6-10-12;1-2-4-5-3-1/h1-10H;1-4H. The first-order valence-electron chi connectivity index (χ1n) is 6.00. The third-order valence-corrected chi connectivity index (χ3v) is 3.13. The Morgan fingerprint density at radius 1 is 0.632 bits per heavy atom. The van der Waals surface area contributed by atoms with E-state index in [-0.39, 0.29) is 5.78 Å². The molecule has 0 bridgehead atoms. The fourth-order valence-electron chi connectivity index (χ4n) is 1.57. The van der Waals surface area contributed by atoms with Crippen LogP contribution in [0.2, 0.25) is 0 Å². The zero-order chi connectivity index (χ0) is 13.3. The molecule has 0 radical (unpaired) electrons. The molecule has 2 heteroatoms. The fraction of sp³-hybridized carbons (Fsp3) is 0. The van der Waals surface area contributed by atoms with E-state index in [0.717, 1.165) is 11.1 Å². The van der Waals surface area contributed by atoms with Crippen LogP contribution in [0.3, 0.4) is 0 Å². The van der Waals surface area contributed by atoms with Crippen molar-refractivity contribution in [2.24, 2.45) is 0 Å². The molecule has 0 aliphatic carbocycles. The average Bonchev–Trinajstić information content (AvgIpc) is 3.08. The molecular weight excluding hydrogens is 252 g/mol. The van der Waals surface area contributed by atoms with Gasteiger partial charge in [-0.15, -0.1) is 0 Å². The molecule has 0 N–H and O–H groups in total. The number of carbonyl (C=O) groups is 1. The maximum Gasteiger partial charge on any atom is 0.193 e. The molecule has 0 saturated heterocycles. The lowest BCUT2D eigenvalue weighted by Gasteiger charge is -1.99. The molecule has 0 saturated carbocycles. The van der Waals surface area contributed by atoms with Crippen molar-refractivity contribution in [3.05, 3.63) is 94.7 Å². The van der Waals surface area contributed by atoms with Gasteiger partial charge in [0.1, 0.15) is 0 Å². The van der Waals surface area contributed by atoms with E-state index in [1.807, 2.05) is 83.6 Å². The number of hydrogen-bond donors (Lipinski definition) is 0. The van der Waals surface area contributed by atoms with Gasteiger partial charge in [-0.3, -0.25) is 4.79 Å². The lowest BCUT2D eigenvalue weighted by Crippen LogP contribution is -1.99. The number of ketones is 1. The Kier molecular flexibility index (Phi) is 5.08. The normalized spacial score (nSPS) is 9.26. The first kappa shape index (κ1) is 13.2. The van der Waals surface area contributed by atoms with Crippen LogP contribution in [0.1, 0.15) is 15.9 Å². The van der Waals surface area contributed by atoms with Crippen LogP contribution in [0.15, 0.2) is 83.6 Å². The van der Waals surface area contributed by atoms with Crippen LogP contribution in [-0.2, 0) is 0 Å². The highest BCUT2D eigenvalue weighted by Crippen LogP contribution is 2.08. The number of thiophene rings is 1. The SMILES string of the molecule is O=C(c1ccccc1)c1ccccc1.c1ccsc1. The summed E-state index contributed by atoms with van der Waals surface area (Å²) >= 11 is 1.71. The van der Waals surface area contributed by atoms with Crippen LogP contribution in [0.25, 0.3) is 0 Å². The Morgan fingerprint density at radius 2 is 1.05 bits per heavy atom. The highest BCUT2D eigenvalue weighted by molar-refractivity contribution is 7.07. The maximum atomic E-state index is 11.8. The van der Waals surface area contributed by atoms with Crippen LogP contribution < -0.4 is 0 Å². The van der Waals surface area contributed by atoms with Crippen LogP contribution in [0, 0.1) is 0 Å². The van der Waals surface area contributed by atoms with Gasteiger partial charge in [0.15, 0.2) is 5.78 Å². The zero-order valence-electron chi connectivity index (χ0n) is 10.4. The van der Waals surface area contributed by atoms with E-state index in [0.29, 0.717) is 0 Å². The summed E-state index contributed by atoms with van der Waals surface area (Å²) in [6.07, 6.45) is 0. The summed E-state index contributed by atoms with van der Waals surface area (Å²) in [5, 5.41) is 4.08. The molecule has 1 heterocycles. The summed E-state index contributed by atoms with van der Waals surface area (Å²) in [6, 6.07) is 22.6. The van der Waals surface area contributed by atoms with Crippen molar-refractivity contribution in [3.63, 3.8) is 0 Å². The molecule has 1 nitrogen and oxygen atoms in total. The molecule has 0 spiro atoms. The highest BCUT2D eigenvalue weighted by Gasteiger charge is 2.06. The minimum atomic E-state index is 0.0752. The quantitative estimate of drug-likeness (QED) is 0.616. The van der Waals surface area contributed by atoms with E-state index in [9.17, 15) is 4.79 Å². The average molecular weight is 266 g/mol. The van der Waals surface area contributed by atoms with Crippen LogP contribution in [0.4, 0.5) is 0 Å². The predicted molar refractivity (Wildman–Crippen MR) is 80.6 cm³/mol. The number of carbonyl (C=O) groups excluding carboxylic acids is 1. The molecule has 1 aromatic heterocycles.